The quantitative estimate of drug-likeness (QED) is 0.404. The van der Waals surface area contributed by atoms with E-state index in [-0.39, 0.29) is 6.29 Å². The average molecular weight is 334 g/mol. The van der Waals surface area contributed by atoms with Crippen molar-refractivity contribution in [2.45, 2.75) is 45.3 Å². The minimum Gasteiger partial charge on any atom is -0.379 e. The summed E-state index contributed by atoms with van der Waals surface area (Å²) in [5.74, 6) is 0. The van der Waals surface area contributed by atoms with E-state index in [0.717, 1.165) is 38.9 Å². The number of hydrogen-bond acceptors (Lipinski definition) is 6. The molecule has 0 aromatic heterocycles. The lowest BCUT2D eigenvalue weighted by Crippen LogP contribution is -2.24. The van der Waals surface area contributed by atoms with Gasteiger partial charge in [0.25, 0.3) is 0 Å². The van der Waals surface area contributed by atoms with Crippen molar-refractivity contribution in [2.75, 3.05) is 66.1 Å². The third-order valence-electron chi connectivity index (χ3n) is 3.43. The Morgan fingerprint density at radius 1 is 0.739 bits per heavy atom. The molecule has 0 spiro atoms. The fourth-order valence-corrected chi connectivity index (χ4v) is 2.09. The molecule has 23 heavy (non-hydrogen) atoms. The maximum Gasteiger partial charge on any atom is 0.157 e. The van der Waals surface area contributed by atoms with Gasteiger partial charge in [-0.3, -0.25) is 0 Å². The topological polar surface area (TPSA) is 55.4 Å². The maximum absolute atomic E-state index is 5.57. The molecule has 0 aromatic rings. The van der Waals surface area contributed by atoms with E-state index in [9.17, 15) is 0 Å². The predicted molar refractivity (Wildman–Crippen MR) is 87.7 cm³/mol. The van der Waals surface area contributed by atoms with E-state index in [1.54, 1.807) is 0 Å². The first-order chi connectivity index (χ1) is 11.4. The first-order valence-corrected chi connectivity index (χ1v) is 8.97. The summed E-state index contributed by atoms with van der Waals surface area (Å²) in [6.45, 7) is 8.57. The summed E-state index contributed by atoms with van der Waals surface area (Å²) in [6, 6.07) is 0. The van der Waals surface area contributed by atoms with Crippen LogP contribution in [0.25, 0.3) is 0 Å². The summed E-state index contributed by atoms with van der Waals surface area (Å²) in [7, 11) is 0. The van der Waals surface area contributed by atoms with Crippen molar-refractivity contribution >= 4 is 0 Å². The summed E-state index contributed by atoms with van der Waals surface area (Å²) >= 11 is 0. The largest absolute Gasteiger partial charge is 0.379 e. The molecule has 6 heteroatoms. The van der Waals surface area contributed by atoms with Crippen LogP contribution in [0.1, 0.15) is 39.0 Å². The Morgan fingerprint density at radius 2 is 1.30 bits per heavy atom. The van der Waals surface area contributed by atoms with Crippen molar-refractivity contribution in [1.29, 1.82) is 0 Å². The summed E-state index contributed by atoms with van der Waals surface area (Å²) in [5, 5.41) is 0. The Balaban J connectivity index is 1.67. The lowest BCUT2D eigenvalue weighted by Gasteiger charge is -2.22. The zero-order chi connectivity index (χ0) is 16.4. The molecule has 1 rings (SSSR count). The first kappa shape index (κ1) is 20.8. The molecule has 1 unspecified atom stereocenters. The smallest absolute Gasteiger partial charge is 0.157 e. The van der Waals surface area contributed by atoms with Gasteiger partial charge in [0, 0.05) is 13.2 Å². The third-order valence-corrected chi connectivity index (χ3v) is 3.43. The predicted octanol–water partition coefficient (Wildman–Crippen LogP) is 2.40. The maximum atomic E-state index is 5.57. The van der Waals surface area contributed by atoms with Gasteiger partial charge in [-0.15, -0.1) is 0 Å². The van der Waals surface area contributed by atoms with Crippen LogP contribution in [0, 0.1) is 0 Å². The van der Waals surface area contributed by atoms with Crippen molar-refractivity contribution in [1.82, 2.24) is 0 Å². The Labute approximate surface area is 140 Å². The second-order valence-electron chi connectivity index (χ2n) is 5.47. The second kappa shape index (κ2) is 16.6. The van der Waals surface area contributed by atoms with Gasteiger partial charge in [0.2, 0.25) is 0 Å². The van der Waals surface area contributed by atoms with Crippen LogP contribution in [0.5, 0.6) is 0 Å². The van der Waals surface area contributed by atoms with Gasteiger partial charge in [-0.25, -0.2) is 0 Å². The number of hydrogen-bond donors (Lipinski definition) is 0. The van der Waals surface area contributed by atoms with E-state index in [4.69, 9.17) is 28.4 Å². The monoisotopic (exact) mass is 334 g/mol. The highest BCUT2D eigenvalue weighted by atomic mass is 16.7. The molecule has 0 bridgehead atoms. The molecule has 0 N–H and O–H groups in total. The molecule has 6 nitrogen and oxygen atoms in total. The zero-order valence-electron chi connectivity index (χ0n) is 14.6. The highest BCUT2D eigenvalue weighted by Crippen LogP contribution is 2.13. The molecule has 1 fully saturated rings. The zero-order valence-corrected chi connectivity index (χ0v) is 14.6. The Kier molecular flexibility index (Phi) is 15.0. The van der Waals surface area contributed by atoms with E-state index >= 15 is 0 Å². The molecule has 0 radical (unpaired) electrons. The molecule has 1 atom stereocenters. The number of unbranched alkanes of at least 4 members (excludes halogenated alkanes) is 1. The fraction of sp³-hybridized carbons (Fsp3) is 1.00. The SMILES string of the molecule is CCCCOCCOCCOCCOCCOC1CCCCO1. The van der Waals surface area contributed by atoms with Crippen LogP contribution in [0.4, 0.5) is 0 Å². The summed E-state index contributed by atoms with van der Waals surface area (Å²) in [4.78, 5) is 0. The number of rotatable bonds is 16. The highest BCUT2D eigenvalue weighted by Gasteiger charge is 2.13. The highest BCUT2D eigenvalue weighted by molar-refractivity contribution is 4.53. The third kappa shape index (κ3) is 13.9. The van der Waals surface area contributed by atoms with Crippen LogP contribution in [-0.4, -0.2) is 72.4 Å². The molecule has 1 heterocycles. The normalized spacial score (nSPS) is 18.4. The van der Waals surface area contributed by atoms with Crippen LogP contribution in [-0.2, 0) is 28.4 Å². The molecule has 0 amide bonds. The van der Waals surface area contributed by atoms with Gasteiger partial charge in [-0.05, 0) is 25.7 Å². The molecule has 138 valence electrons. The van der Waals surface area contributed by atoms with Crippen molar-refractivity contribution in [3.05, 3.63) is 0 Å². The molecule has 1 aliphatic rings. The van der Waals surface area contributed by atoms with Crippen LogP contribution in [0.3, 0.4) is 0 Å². The fourth-order valence-electron chi connectivity index (χ4n) is 2.09. The van der Waals surface area contributed by atoms with Crippen LogP contribution in [0.15, 0.2) is 0 Å². The van der Waals surface area contributed by atoms with Gasteiger partial charge in [-0.1, -0.05) is 13.3 Å². The lowest BCUT2D eigenvalue weighted by atomic mass is 10.2. The van der Waals surface area contributed by atoms with E-state index in [1.807, 2.05) is 0 Å². The van der Waals surface area contributed by atoms with Crippen molar-refractivity contribution in [3.8, 4) is 0 Å². The van der Waals surface area contributed by atoms with Crippen LogP contribution in [0.2, 0.25) is 0 Å². The minimum atomic E-state index is -0.0355. The molecule has 0 aromatic carbocycles. The van der Waals surface area contributed by atoms with Gasteiger partial charge in [-0.2, -0.15) is 0 Å². The molecule has 0 aliphatic carbocycles. The summed E-state index contributed by atoms with van der Waals surface area (Å²) in [5.41, 5.74) is 0. The second-order valence-corrected chi connectivity index (χ2v) is 5.47. The van der Waals surface area contributed by atoms with Crippen molar-refractivity contribution in [3.63, 3.8) is 0 Å². The Hall–Kier alpha value is -0.240. The standard InChI is InChI=1S/C17H34O6/c1-2-3-7-18-9-10-19-11-12-20-13-14-21-15-16-23-17-6-4-5-8-22-17/h17H,2-16H2,1H3. The summed E-state index contributed by atoms with van der Waals surface area (Å²) < 4.78 is 32.7. The lowest BCUT2D eigenvalue weighted by molar-refractivity contribution is -0.169. The van der Waals surface area contributed by atoms with E-state index in [2.05, 4.69) is 6.92 Å². The Bertz CT molecular complexity index is 233. The van der Waals surface area contributed by atoms with Crippen LogP contribution < -0.4 is 0 Å². The molecular weight excluding hydrogens is 300 g/mol. The van der Waals surface area contributed by atoms with Gasteiger partial charge < -0.3 is 28.4 Å². The van der Waals surface area contributed by atoms with E-state index < -0.39 is 0 Å². The van der Waals surface area contributed by atoms with Crippen LogP contribution >= 0.6 is 0 Å². The van der Waals surface area contributed by atoms with Gasteiger partial charge in [0.15, 0.2) is 6.29 Å². The first-order valence-electron chi connectivity index (χ1n) is 8.97. The van der Waals surface area contributed by atoms with Gasteiger partial charge >= 0.3 is 0 Å². The van der Waals surface area contributed by atoms with Gasteiger partial charge in [0.05, 0.1) is 52.9 Å². The van der Waals surface area contributed by atoms with Gasteiger partial charge in [0.1, 0.15) is 0 Å². The summed E-state index contributed by atoms with van der Waals surface area (Å²) in [6.07, 6.45) is 5.56. The van der Waals surface area contributed by atoms with Crippen molar-refractivity contribution in [2.24, 2.45) is 0 Å². The molecular formula is C17H34O6. The molecule has 1 aliphatic heterocycles. The average Bonchev–Trinajstić information content (AvgIpc) is 2.59. The van der Waals surface area contributed by atoms with E-state index in [1.165, 1.54) is 6.42 Å². The Morgan fingerprint density at radius 3 is 1.83 bits per heavy atom. The van der Waals surface area contributed by atoms with E-state index in [0.29, 0.717) is 52.9 Å². The molecule has 0 saturated carbocycles. The number of ether oxygens (including phenoxy) is 6. The van der Waals surface area contributed by atoms with Crippen molar-refractivity contribution < 1.29 is 28.4 Å². The molecule has 1 saturated heterocycles. The minimum absolute atomic E-state index is 0.0355.